The van der Waals surface area contributed by atoms with Crippen LogP contribution in [-0.2, 0) is 12.8 Å². The van der Waals surface area contributed by atoms with E-state index in [0.717, 1.165) is 29.0 Å². The van der Waals surface area contributed by atoms with E-state index in [1.807, 2.05) is 6.92 Å². The second kappa shape index (κ2) is 7.47. The number of carbonyl (C=O) groups is 2. The quantitative estimate of drug-likeness (QED) is 0.797. The highest BCUT2D eigenvalue weighted by Gasteiger charge is 2.30. The Bertz CT molecular complexity index is 877. The summed E-state index contributed by atoms with van der Waals surface area (Å²) >= 11 is 1.62. The first kappa shape index (κ1) is 19.6. The molecular weight excluding hydrogens is 356 g/mol. The van der Waals surface area contributed by atoms with Crippen LogP contribution in [0.25, 0.3) is 0 Å². The summed E-state index contributed by atoms with van der Waals surface area (Å²) in [7, 11) is 1.61. The van der Waals surface area contributed by atoms with E-state index in [1.165, 1.54) is 16.9 Å². The first-order valence-corrected chi connectivity index (χ1v) is 10.3. The molecule has 2 aromatic rings. The van der Waals surface area contributed by atoms with E-state index in [4.69, 9.17) is 0 Å². The van der Waals surface area contributed by atoms with Gasteiger partial charge < -0.3 is 10.6 Å². The van der Waals surface area contributed by atoms with Crippen LogP contribution in [-0.4, -0.2) is 18.9 Å². The normalized spacial score (nSPS) is 16.6. The lowest BCUT2D eigenvalue weighted by molar-refractivity contribution is 0.0962. The number of carbonyl (C=O) groups excluding carboxylic acids is 2. The van der Waals surface area contributed by atoms with Crippen LogP contribution in [0.4, 0.5) is 5.69 Å². The summed E-state index contributed by atoms with van der Waals surface area (Å²) in [6.45, 7) is 8.80. The van der Waals surface area contributed by atoms with Crippen molar-refractivity contribution in [2.45, 2.75) is 47.0 Å². The van der Waals surface area contributed by atoms with Gasteiger partial charge in [-0.25, -0.2) is 0 Å². The molecule has 0 spiro atoms. The van der Waals surface area contributed by atoms with Crippen LogP contribution < -0.4 is 10.6 Å². The highest BCUT2D eigenvalue weighted by atomic mass is 32.1. The number of fused-ring (bicyclic) bond motifs is 1. The maximum absolute atomic E-state index is 12.8. The van der Waals surface area contributed by atoms with Gasteiger partial charge in [0.15, 0.2) is 0 Å². The smallest absolute Gasteiger partial charge is 0.265 e. The standard InChI is InChI=1S/C22H28N2O2S/c1-13-10-14(20(25)23-5)6-8-17(13)24-21(26)19-12-15-11-16(22(2,3)4)7-9-18(15)27-19/h6,8,10,12,16H,7,9,11H2,1-5H3,(H,23,25)(H,24,26). The largest absolute Gasteiger partial charge is 0.355 e. The van der Waals surface area contributed by atoms with E-state index in [2.05, 4.69) is 37.5 Å². The average molecular weight is 385 g/mol. The molecular formula is C22H28N2O2S. The van der Waals surface area contributed by atoms with Crippen LogP contribution >= 0.6 is 11.3 Å². The first-order chi connectivity index (χ1) is 12.7. The van der Waals surface area contributed by atoms with Crippen molar-refractivity contribution in [2.24, 2.45) is 11.3 Å². The molecule has 1 atom stereocenters. The van der Waals surface area contributed by atoms with E-state index < -0.39 is 0 Å². The van der Waals surface area contributed by atoms with Gasteiger partial charge >= 0.3 is 0 Å². The molecule has 0 saturated heterocycles. The number of amides is 2. The van der Waals surface area contributed by atoms with Crippen LogP contribution in [0.5, 0.6) is 0 Å². The van der Waals surface area contributed by atoms with E-state index >= 15 is 0 Å². The van der Waals surface area contributed by atoms with Crippen LogP contribution in [0.2, 0.25) is 0 Å². The summed E-state index contributed by atoms with van der Waals surface area (Å²) < 4.78 is 0. The fourth-order valence-corrected chi connectivity index (χ4v) is 4.75. The zero-order valence-electron chi connectivity index (χ0n) is 16.7. The number of hydrogen-bond acceptors (Lipinski definition) is 3. The molecule has 5 heteroatoms. The van der Waals surface area contributed by atoms with Crippen molar-refractivity contribution >= 4 is 28.8 Å². The molecule has 1 unspecified atom stereocenters. The SMILES string of the molecule is CNC(=O)c1ccc(NC(=O)c2cc3c(s2)CCC(C(C)(C)C)C3)c(C)c1. The molecule has 1 aliphatic carbocycles. The summed E-state index contributed by atoms with van der Waals surface area (Å²) in [5.41, 5.74) is 3.84. The van der Waals surface area contributed by atoms with Gasteiger partial charge in [0.05, 0.1) is 4.88 Å². The van der Waals surface area contributed by atoms with E-state index in [1.54, 1.807) is 36.6 Å². The van der Waals surface area contributed by atoms with Gasteiger partial charge in [-0.3, -0.25) is 9.59 Å². The summed E-state index contributed by atoms with van der Waals surface area (Å²) in [6, 6.07) is 7.39. The Hall–Kier alpha value is -2.14. The molecule has 0 fully saturated rings. The second-order valence-corrected chi connectivity index (χ2v) is 9.56. The summed E-state index contributed by atoms with van der Waals surface area (Å²) in [5.74, 6) is 0.461. The van der Waals surface area contributed by atoms with Crippen molar-refractivity contribution in [2.75, 3.05) is 12.4 Å². The molecule has 3 rings (SSSR count). The van der Waals surface area contributed by atoms with Crippen molar-refractivity contribution in [3.63, 3.8) is 0 Å². The molecule has 0 aliphatic heterocycles. The minimum Gasteiger partial charge on any atom is -0.355 e. The zero-order valence-corrected chi connectivity index (χ0v) is 17.5. The Morgan fingerprint density at radius 3 is 2.52 bits per heavy atom. The second-order valence-electron chi connectivity index (χ2n) is 8.43. The molecule has 1 heterocycles. The topological polar surface area (TPSA) is 58.2 Å². The number of anilines is 1. The van der Waals surface area contributed by atoms with Gasteiger partial charge in [-0.1, -0.05) is 20.8 Å². The van der Waals surface area contributed by atoms with Crippen LogP contribution in [0.15, 0.2) is 24.3 Å². The van der Waals surface area contributed by atoms with Crippen molar-refractivity contribution < 1.29 is 9.59 Å². The number of benzene rings is 1. The molecule has 144 valence electrons. The summed E-state index contributed by atoms with van der Waals surface area (Å²) in [6.07, 6.45) is 3.32. The molecule has 1 aromatic carbocycles. The summed E-state index contributed by atoms with van der Waals surface area (Å²) in [4.78, 5) is 26.6. The molecule has 2 N–H and O–H groups in total. The average Bonchev–Trinajstić information content (AvgIpc) is 3.05. The third kappa shape index (κ3) is 4.24. The Morgan fingerprint density at radius 1 is 1.15 bits per heavy atom. The van der Waals surface area contributed by atoms with Crippen LogP contribution in [0.3, 0.4) is 0 Å². The van der Waals surface area contributed by atoms with Gasteiger partial charge in [0.1, 0.15) is 0 Å². The lowest BCUT2D eigenvalue weighted by Crippen LogP contribution is -2.26. The Morgan fingerprint density at radius 2 is 1.89 bits per heavy atom. The Kier molecular flexibility index (Phi) is 5.43. The van der Waals surface area contributed by atoms with Crippen molar-refractivity contribution in [3.05, 3.63) is 50.7 Å². The van der Waals surface area contributed by atoms with E-state index in [-0.39, 0.29) is 11.8 Å². The predicted molar refractivity (Wildman–Crippen MR) is 112 cm³/mol. The van der Waals surface area contributed by atoms with Crippen molar-refractivity contribution in [1.82, 2.24) is 5.32 Å². The molecule has 4 nitrogen and oxygen atoms in total. The van der Waals surface area contributed by atoms with E-state index in [0.29, 0.717) is 16.9 Å². The van der Waals surface area contributed by atoms with Crippen LogP contribution in [0, 0.1) is 18.3 Å². The van der Waals surface area contributed by atoms with Gasteiger partial charge in [0, 0.05) is 23.2 Å². The lowest BCUT2D eigenvalue weighted by atomic mass is 9.72. The van der Waals surface area contributed by atoms with Gasteiger partial charge in [-0.05, 0) is 72.9 Å². The Labute approximate surface area is 165 Å². The number of nitrogens with one attached hydrogen (secondary N) is 2. The number of aryl methyl sites for hydroxylation is 2. The molecule has 1 aromatic heterocycles. The minimum absolute atomic E-state index is 0.0718. The molecule has 0 radical (unpaired) electrons. The van der Waals surface area contributed by atoms with Gasteiger partial charge in [0.25, 0.3) is 11.8 Å². The van der Waals surface area contributed by atoms with Gasteiger partial charge in [0.2, 0.25) is 0 Å². The Balaban J connectivity index is 1.75. The van der Waals surface area contributed by atoms with Crippen LogP contribution in [0.1, 0.15) is 63.2 Å². The molecule has 2 amide bonds. The highest BCUT2D eigenvalue weighted by molar-refractivity contribution is 7.14. The van der Waals surface area contributed by atoms with Gasteiger partial charge in [-0.15, -0.1) is 11.3 Å². The van der Waals surface area contributed by atoms with Crippen molar-refractivity contribution in [3.8, 4) is 0 Å². The number of hydrogen-bond donors (Lipinski definition) is 2. The maximum atomic E-state index is 12.8. The molecule has 27 heavy (non-hydrogen) atoms. The highest BCUT2D eigenvalue weighted by Crippen LogP contribution is 2.40. The van der Waals surface area contributed by atoms with E-state index in [9.17, 15) is 9.59 Å². The fraction of sp³-hybridized carbons (Fsp3) is 0.455. The molecule has 1 aliphatic rings. The fourth-order valence-electron chi connectivity index (χ4n) is 3.65. The van der Waals surface area contributed by atoms with Crippen molar-refractivity contribution in [1.29, 1.82) is 0 Å². The minimum atomic E-state index is -0.129. The lowest BCUT2D eigenvalue weighted by Gasteiger charge is -2.33. The zero-order chi connectivity index (χ0) is 19.8. The maximum Gasteiger partial charge on any atom is 0.265 e. The van der Waals surface area contributed by atoms with Gasteiger partial charge in [-0.2, -0.15) is 0 Å². The molecule has 0 bridgehead atoms. The number of thiophene rings is 1. The predicted octanol–water partition coefficient (Wildman–Crippen LogP) is 4.82. The first-order valence-electron chi connectivity index (χ1n) is 9.44. The monoisotopic (exact) mass is 384 g/mol. The summed E-state index contributed by atoms with van der Waals surface area (Å²) in [5, 5.41) is 5.61. The third-order valence-corrected chi connectivity index (χ3v) is 6.73. The third-order valence-electron chi connectivity index (χ3n) is 5.50. The number of rotatable bonds is 3. The molecule has 0 saturated carbocycles.